The molecule has 1 atom stereocenters. The first-order valence-electron chi connectivity index (χ1n) is 7.87. The van der Waals surface area contributed by atoms with Crippen LogP contribution in [-0.2, 0) is 21.4 Å². The molecule has 5 nitrogen and oxygen atoms in total. The number of rotatable bonds is 6. The third-order valence-corrected chi connectivity index (χ3v) is 5.59. The summed E-state index contributed by atoms with van der Waals surface area (Å²) in [5, 5.41) is 3.75. The van der Waals surface area contributed by atoms with Gasteiger partial charge in [0.25, 0.3) is 0 Å². The molecular weight excluding hydrogens is 395 g/mol. The van der Waals surface area contributed by atoms with E-state index in [0.29, 0.717) is 21.3 Å². The molecule has 26 heavy (non-hydrogen) atoms. The lowest BCUT2D eigenvalue weighted by atomic mass is 10.1. The van der Waals surface area contributed by atoms with Gasteiger partial charge in [0, 0.05) is 16.6 Å². The molecule has 2 aromatic carbocycles. The number of anilines is 1. The summed E-state index contributed by atoms with van der Waals surface area (Å²) in [5.74, 6) is -0.412. The molecule has 0 unspecified atom stereocenters. The van der Waals surface area contributed by atoms with Crippen molar-refractivity contribution < 1.29 is 13.2 Å². The van der Waals surface area contributed by atoms with Gasteiger partial charge in [-0.1, -0.05) is 41.4 Å². The minimum Gasteiger partial charge on any atom is -0.350 e. The first kappa shape index (κ1) is 20.6. The van der Waals surface area contributed by atoms with E-state index in [1.165, 1.54) is 0 Å². The molecule has 0 radical (unpaired) electrons. The van der Waals surface area contributed by atoms with Crippen LogP contribution in [0, 0.1) is 6.92 Å². The quantitative estimate of drug-likeness (QED) is 0.781. The van der Waals surface area contributed by atoms with Crippen LogP contribution in [0.2, 0.25) is 10.0 Å². The lowest BCUT2D eigenvalue weighted by molar-refractivity contribution is -0.122. The van der Waals surface area contributed by atoms with Gasteiger partial charge in [-0.25, -0.2) is 8.42 Å². The van der Waals surface area contributed by atoms with E-state index in [2.05, 4.69) is 5.32 Å². The molecule has 140 valence electrons. The number of carbonyl (C=O) groups excluding carboxylic acids is 1. The van der Waals surface area contributed by atoms with Crippen LogP contribution in [0.3, 0.4) is 0 Å². The topological polar surface area (TPSA) is 66.5 Å². The molecule has 0 aromatic heterocycles. The lowest BCUT2D eigenvalue weighted by Gasteiger charge is -2.29. The van der Waals surface area contributed by atoms with E-state index >= 15 is 0 Å². The zero-order chi connectivity index (χ0) is 19.5. The minimum absolute atomic E-state index is 0.270. The largest absolute Gasteiger partial charge is 0.350 e. The first-order chi connectivity index (χ1) is 12.1. The van der Waals surface area contributed by atoms with Gasteiger partial charge in [-0.05, 0) is 49.2 Å². The van der Waals surface area contributed by atoms with Crippen LogP contribution in [0.25, 0.3) is 0 Å². The highest BCUT2D eigenvalue weighted by atomic mass is 35.5. The molecule has 0 aliphatic carbocycles. The van der Waals surface area contributed by atoms with Crippen molar-refractivity contribution in [3.63, 3.8) is 0 Å². The molecule has 0 spiro atoms. The zero-order valence-corrected chi connectivity index (χ0v) is 17.0. The highest BCUT2D eigenvalue weighted by Gasteiger charge is 2.30. The van der Waals surface area contributed by atoms with Crippen LogP contribution in [0.1, 0.15) is 18.1 Å². The third-order valence-electron chi connectivity index (χ3n) is 3.88. The molecule has 1 amide bonds. The smallest absolute Gasteiger partial charge is 0.243 e. The molecule has 8 heteroatoms. The second-order valence-corrected chi connectivity index (χ2v) is 8.74. The first-order valence-corrected chi connectivity index (χ1v) is 10.5. The molecule has 0 heterocycles. The Morgan fingerprint density at radius 2 is 1.69 bits per heavy atom. The standard InChI is InChI=1S/C18H20Cl2N2O3S/c1-12-4-7-16(20)10-17(12)22(26(3,24)25)13(2)18(23)21-11-14-5-8-15(19)9-6-14/h4-10,13H,11H2,1-3H3,(H,21,23)/t13-/m1/s1. The number of nitrogens with one attached hydrogen (secondary N) is 1. The molecule has 0 fully saturated rings. The number of hydrogen-bond acceptors (Lipinski definition) is 3. The van der Waals surface area contributed by atoms with Crippen molar-refractivity contribution in [1.82, 2.24) is 5.32 Å². The molecule has 0 aliphatic heterocycles. The number of sulfonamides is 1. The number of aryl methyl sites for hydroxylation is 1. The van der Waals surface area contributed by atoms with Gasteiger partial charge in [-0.15, -0.1) is 0 Å². The summed E-state index contributed by atoms with van der Waals surface area (Å²) >= 11 is 11.9. The molecule has 0 aliphatic rings. The van der Waals surface area contributed by atoms with Crippen molar-refractivity contribution in [3.05, 3.63) is 63.6 Å². The van der Waals surface area contributed by atoms with Crippen LogP contribution in [0.15, 0.2) is 42.5 Å². The van der Waals surface area contributed by atoms with Gasteiger partial charge in [-0.3, -0.25) is 9.10 Å². The van der Waals surface area contributed by atoms with Gasteiger partial charge < -0.3 is 5.32 Å². The van der Waals surface area contributed by atoms with Crippen molar-refractivity contribution in [2.45, 2.75) is 26.4 Å². The van der Waals surface area contributed by atoms with Crippen LogP contribution in [-0.4, -0.2) is 26.6 Å². The highest BCUT2D eigenvalue weighted by molar-refractivity contribution is 7.92. The number of nitrogens with zero attached hydrogens (tertiary/aromatic N) is 1. The molecular formula is C18H20Cl2N2O3S. The number of carbonyl (C=O) groups is 1. The highest BCUT2D eigenvalue weighted by Crippen LogP contribution is 2.28. The fourth-order valence-corrected chi connectivity index (χ4v) is 4.06. The molecule has 0 saturated heterocycles. The van der Waals surface area contributed by atoms with Crippen molar-refractivity contribution in [3.8, 4) is 0 Å². The van der Waals surface area contributed by atoms with E-state index in [1.807, 2.05) is 0 Å². The Kier molecular flexibility index (Phi) is 6.55. The molecule has 1 N–H and O–H groups in total. The SMILES string of the molecule is Cc1ccc(Cl)cc1N([C@H](C)C(=O)NCc1ccc(Cl)cc1)S(C)(=O)=O. The summed E-state index contributed by atoms with van der Waals surface area (Å²) in [6.45, 7) is 3.58. The van der Waals surface area contributed by atoms with E-state index in [1.54, 1.807) is 56.3 Å². The van der Waals surface area contributed by atoms with Gasteiger partial charge in [0.1, 0.15) is 6.04 Å². The molecule has 2 rings (SSSR count). The average molecular weight is 415 g/mol. The Morgan fingerprint density at radius 3 is 2.27 bits per heavy atom. The molecule has 2 aromatic rings. The number of halogens is 2. The van der Waals surface area contributed by atoms with Crippen molar-refractivity contribution in [1.29, 1.82) is 0 Å². The Bertz CT molecular complexity index is 899. The minimum atomic E-state index is -3.69. The van der Waals surface area contributed by atoms with Gasteiger partial charge in [0.05, 0.1) is 11.9 Å². The number of hydrogen-bond donors (Lipinski definition) is 1. The summed E-state index contributed by atoms with van der Waals surface area (Å²) in [5.41, 5.74) is 1.95. The predicted octanol–water partition coefficient (Wildman–Crippen LogP) is 3.77. The maximum Gasteiger partial charge on any atom is 0.243 e. The Morgan fingerprint density at radius 1 is 1.12 bits per heavy atom. The second kappa shape index (κ2) is 8.29. The lowest BCUT2D eigenvalue weighted by Crippen LogP contribution is -2.48. The summed E-state index contributed by atoms with van der Waals surface area (Å²) in [4.78, 5) is 12.6. The molecule has 0 saturated carbocycles. The predicted molar refractivity (Wildman–Crippen MR) is 106 cm³/mol. The third kappa shape index (κ3) is 5.13. The fraction of sp³-hybridized carbons (Fsp3) is 0.278. The van der Waals surface area contributed by atoms with Crippen LogP contribution >= 0.6 is 23.2 Å². The Balaban J connectivity index is 2.23. The van der Waals surface area contributed by atoms with E-state index in [9.17, 15) is 13.2 Å². The van der Waals surface area contributed by atoms with E-state index < -0.39 is 22.0 Å². The monoisotopic (exact) mass is 414 g/mol. The summed E-state index contributed by atoms with van der Waals surface area (Å²) in [6.07, 6.45) is 1.07. The van der Waals surface area contributed by atoms with E-state index in [-0.39, 0.29) is 6.54 Å². The molecule has 0 bridgehead atoms. The van der Waals surface area contributed by atoms with Crippen molar-refractivity contribution in [2.75, 3.05) is 10.6 Å². The number of amides is 1. The summed E-state index contributed by atoms with van der Waals surface area (Å²) in [7, 11) is -3.69. The zero-order valence-electron chi connectivity index (χ0n) is 14.7. The van der Waals surface area contributed by atoms with Gasteiger partial charge in [0.2, 0.25) is 15.9 Å². The maximum absolute atomic E-state index is 12.6. The Labute approximate surface area is 164 Å². The van der Waals surface area contributed by atoms with Crippen molar-refractivity contribution in [2.24, 2.45) is 0 Å². The van der Waals surface area contributed by atoms with E-state index in [4.69, 9.17) is 23.2 Å². The summed E-state index contributed by atoms with van der Waals surface area (Å²) in [6, 6.07) is 11.0. The number of benzene rings is 2. The normalized spacial score (nSPS) is 12.5. The second-order valence-electron chi connectivity index (χ2n) is 6.01. The summed E-state index contributed by atoms with van der Waals surface area (Å²) < 4.78 is 25.8. The average Bonchev–Trinajstić information content (AvgIpc) is 2.56. The van der Waals surface area contributed by atoms with Gasteiger partial charge >= 0.3 is 0 Å². The fourth-order valence-electron chi connectivity index (χ4n) is 2.54. The van der Waals surface area contributed by atoms with Gasteiger partial charge in [0.15, 0.2) is 0 Å². The maximum atomic E-state index is 12.6. The van der Waals surface area contributed by atoms with E-state index in [0.717, 1.165) is 16.1 Å². The van der Waals surface area contributed by atoms with Crippen LogP contribution in [0.5, 0.6) is 0 Å². The van der Waals surface area contributed by atoms with Crippen LogP contribution in [0.4, 0.5) is 5.69 Å². The van der Waals surface area contributed by atoms with Crippen LogP contribution < -0.4 is 9.62 Å². The van der Waals surface area contributed by atoms with Crippen molar-refractivity contribution >= 4 is 44.8 Å². The van der Waals surface area contributed by atoms with Gasteiger partial charge in [-0.2, -0.15) is 0 Å². The Hall–Kier alpha value is -1.76.